The van der Waals surface area contributed by atoms with Crippen LogP contribution in [0.2, 0.25) is 0 Å². The first-order chi connectivity index (χ1) is 6.26. The number of methoxy groups -OCH3 is 1. The highest BCUT2D eigenvalue weighted by Gasteiger charge is 2.11. The zero-order valence-electron chi connectivity index (χ0n) is 9.12. The van der Waals surface area contributed by atoms with E-state index in [1.807, 2.05) is 0 Å². The molecule has 0 bridgehead atoms. The first-order valence-electron chi connectivity index (χ1n) is 5.10. The molecule has 13 heavy (non-hydrogen) atoms. The Balaban J connectivity index is 3.72. The van der Waals surface area contributed by atoms with E-state index >= 15 is 0 Å². The van der Waals surface area contributed by atoms with Crippen LogP contribution >= 0.6 is 0 Å². The molecule has 0 aromatic heterocycles. The lowest BCUT2D eigenvalue weighted by atomic mass is 10.2. The molecular weight excluding hydrogens is 166 g/mol. The van der Waals surface area contributed by atoms with Gasteiger partial charge in [-0.3, -0.25) is 4.90 Å². The van der Waals surface area contributed by atoms with E-state index in [-0.39, 0.29) is 6.61 Å². The molecule has 3 heteroatoms. The van der Waals surface area contributed by atoms with E-state index in [1.165, 1.54) is 0 Å². The Morgan fingerprint density at radius 2 is 2.08 bits per heavy atom. The van der Waals surface area contributed by atoms with E-state index in [2.05, 4.69) is 18.7 Å². The summed E-state index contributed by atoms with van der Waals surface area (Å²) in [5, 5.41) is 8.86. The summed E-state index contributed by atoms with van der Waals surface area (Å²) in [5.41, 5.74) is 0. The zero-order chi connectivity index (χ0) is 10.1. The molecular formula is C10H23NO2. The number of nitrogens with zero attached hydrogens (tertiary/aromatic N) is 1. The molecule has 0 aliphatic heterocycles. The summed E-state index contributed by atoms with van der Waals surface area (Å²) in [6, 6.07) is 0.507. The molecule has 0 fully saturated rings. The monoisotopic (exact) mass is 189 g/mol. The third-order valence-corrected chi connectivity index (χ3v) is 2.26. The van der Waals surface area contributed by atoms with Crippen molar-refractivity contribution >= 4 is 0 Å². The Kier molecular flexibility index (Phi) is 8.40. The van der Waals surface area contributed by atoms with Crippen LogP contribution in [0, 0.1) is 0 Å². The van der Waals surface area contributed by atoms with Gasteiger partial charge in [-0.25, -0.2) is 0 Å². The van der Waals surface area contributed by atoms with Crippen LogP contribution in [-0.2, 0) is 4.74 Å². The molecule has 0 saturated carbocycles. The molecule has 0 radical (unpaired) electrons. The lowest BCUT2D eigenvalue weighted by Gasteiger charge is -2.27. The Hall–Kier alpha value is -0.120. The van der Waals surface area contributed by atoms with Crippen LogP contribution in [0.5, 0.6) is 0 Å². The van der Waals surface area contributed by atoms with Gasteiger partial charge >= 0.3 is 0 Å². The van der Waals surface area contributed by atoms with Gasteiger partial charge in [0, 0.05) is 26.3 Å². The van der Waals surface area contributed by atoms with Crippen LogP contribution in [0.25, 0.3) is 0 Å². The highest BCUT2D eigenvalue weighted by molar-refractivity contribution is 4.66. The standard InChI is InChI=1S/C10H23NO2/c1-4-6-11(7-8-12)10(2)5-9-13-3/h10,12H,4-9H2,1-3H3. The van der Waals surface area contributed by atoms with Crippen LogP contribution in [0.4, 0.5) is 0 Å². The Labute approximate surface area is 81.7 Å². The molecule has 0 aromatic carbocycles. The van der Waals surface area contributed by atoms with Gasteiger partial charge in [0.25, 0.3) is 0 Å². The van der Waals surface area contributed by atoms with Crippen molar-refractivity contribution in [2.24, 2.45) is 0 Å². The molecule has 0 amide bonds. The second-order valence-electron chi connectivity index (χ2n) is 3.39. The minimum Gasteiger partial charge on any atom is -0.395 e. The highest BCUT2D eigenvalue weighted by atomic mass is 16.5. The Bertz CT molecular complexity index is 103. The first-order valence-corrected chi connectivity index (χ1v) is 5.10. The van der Waals surface area contributed by atoms with Crippen LogP contribution in [0.1, 0.15) is 26.7 Å². The van der Waals surface area contributed by atoms with E-state index < -0.39 is 0 Å². The number of rotatable bonds is 8. The molecule has 0 spiro atoms. The maximum absolute atomic E-state index is 8.86. The van der Waals surface area contributed by atoms with Crippen molar-refractivity contribution in [3.8, 4) is 0 Å². The fourth-order valence-electron chi connectivity index (χ4n) is 1.44. The normalized spacial score (nSPS) is 13.6. The second-order valence-corrected chi connectivity index (χ2v) is 3.39. The number of hydrogen-bond donors (Lipinski definition) is 1. The first kappa shape index (κ1) is 12.9. The minimum atomic E-state index is 0.247. The van der Waals surface area contributed by atoms with Gasteiger partial charge in [0.15, 0.2) is 0 Å². The molecule has 1 atom stereocenters. The molecule has 0 aliphatic carbocycles. The van der Waals surface area contributed by atoms with Gasteiger partial charge < -0.3 is 9.84 Å². The predicted octanol–water partition coefficient (Wildman–Crippen LogP) is 1.12. The van der Waals surface area contributed by atoms with Crippen LogP contribution in [-0.4, -0.2) is 49.5 Å². The summed E-state index contributed by atoms with van der Waals surface area (Å²) in [4.78, 5) is 2.30. The van der Waals surface area contributed by atoms with E-state index in [9.17, 15) is 0 Å². The average Bonchev–Trinajstić information content (AvgIpc) is 2.14. The lowest BCUT2D eigenvalue weighted by Crippen LogP contribution is -2.36. The fourth-order valence-corrected chi connectivity index (χ4v) is 1.44. The highest BCUT2D eigenvalue weighted by Crippen LogP contribution is 2.04. The summed E-state index contributed by atoms with van der Waals surface area (Å²) in [6.07, 6.45) is 2.17. The maximum atomic E-state index is 8.86. The van der Waals surface area contributed by atoms with Gasteiger partial charge in [0.2, 0.25) is 0 Å². The lowest BCUT2D eigenvalue weighted by molar-refractivity contribution is 0.119. The van der Waals surface area contributed by atoms with Gasteiger partial charge in [0.1, 0.15) is 0 Å². The quantitative estimate of drug-likeness (QED) is 0.621. The largest absolute Gasteiger partial charge is 0.395 e. The summed E-state index contributed by atoms with van der Waals surface area (Å²) >= 11 is 0. The van der Waals surface area contributed by atoms with Crippen molar-refractivity contribution < 1.29 is 9.84 Å². The zero-order valence-corrected chi connectivity index (χ0v) is 9.12. The molecule has 0 heterocycles. The van der Waals surface area contributed by atoms with Crippen LogP contribution < -0.4 is 0 Å². The molecule has 0 saturated heterocycles. The summed E-state index contributed by atoms with van der Waals surface area (Å²) in [7, 11) is 1.73. The van der Waals surface area contributed by atoms with E-state index in [4.69, 9.17) is 9.84 Å². The maximum Gasteiger partial charge on any atom is 0.0558 e. The van der Waals surface area contributed by atoms with E-state index in [1.54, 1.807) is 7.11 Å². The SMILES string of the molecule is CCCN(CCO)C(C)CCOC. The number of aliphatic hydroxyl groups is 1. The van der Waals surface area contributed by atoms with Crippen molar-refractivity contribution in [3.63, 3.8) is 0 Å². The molecule has 0 aromatic rings. The third kappa shape index (κ3) is 6.02. The van der Waals surface area contributed by atoms with Crippen molar-refractivity contribution in [1.29, 1.82) is 0 Å². The van der Waals surface area contributed by atoms with Crippen molar-refractivity contribution in [1.82, 2.24) is 4.90 Å². The molecule has 1 unspecified atom stereocenters. The number of hydrogen-bond acceptors (Lipinski definition) is 3. The van der Waals surface area contributed by atoms with Crippen molar-refractivity contribution in [2.75, 3.05) is 33.4 Å². The van der Waals surface area contributed by atoms with Gasteiger partial charge in [-0.2, -0.15) is 0 Å². The Morgan fingerprint density at radius 3 is 2.54 bits per heavy atom. The topological polar surface area (TPSA) is 32.7 Å². The van der Waals surface area contributed by atoms with Crippen molar-refractivity contribution in [3.05, 3.63) is 0 Å². The van der Waals surface area contributed by atoms with Crippen LogP contribution in [0.15, 0.2) is 0 Å². The fraction of sp³-hybridized carbons (Fsp3) is 1.00. The number of aliphatic hydroxyl groups excluding tert-OH is 1. The minimum absolute atomic E-state index is 0.247. The van der Waals surface area contributed by atoms with E-state index in [0.29, 0.717) is 6.04 Å². The summed E-state index contributed by atoms with van der Waals surface area (Å²) in [5.74, 6) is 0. The average molecular weight is 189 g/mol. The third-order valence-electron chi connectivity index (χ3n) is 2.26. The van der Waals surface area contributed by atoms with Crippen LogP contribution in [0.3, 0.4) is 0 Å². The molecule has 0 rings (SSSR count). The summed E-state index contributed by atoms with van der Waals surface area (Å²) < 4.78 is 5.03. The van der Waals surface area contributed by atoms with Crippen molar-refractivity contribution in [2.45, 2.75) is 32.7 Å². The molecule has 0 aliphatic rings. The van der Waals surface area contributed by atoms with Gasteiger partial charge in [-0.05, 0) is 26.3 Å². The van der Waals surface area contributed by atoms with Gasteiger partial charge in [-0.15, -0.1) is 0 Å². The smallest absolute Gasteiger partial charge is 0.0558 e. The number of ether oxygens (including phenoxy) is 1. The van der Waals surface area contributed by atoms with Gasteiger partial charge in [-0.1, -0.05) is 6.92 Å². The molecule has 3 nitrogen and oxygen atoms in total. The van der Waals surface area contributed by atoms with E-state index in [0.717, 1.165) is 32.5 Å². The second kappa shape index (κ2) is 8.48. The summed E-state index contributed by atoms with van der Waals surface area (Å²) in [6.45, 7) is 7.23. The predicted molar refractivity (Wildman–Crippen MR) is 54.9 cm³/mol. The Morgan fingerprint density at radius 1 is 1.38 bits per heavy atom. The van der Waals surface area contributed by atoms with Gasteiger partial charge in [0.05, 0.1) is 6.61 Å². The molecule has 1 N–H and O–H groups in total. The molecule has 80 valence electrons.